The highest BCUT2D eigenvalue weighted by molar-refractivity contribution is 5.93. The molecule has 5 nitrogen and oxygen atoms in total. The Morgan fingerprint density at radius 3 is 2.28 bits per heavy atom. The second-order valence-electron chi connectivity index (χ2n) is 6.32. The fourth-order valence-electron chi connectivity index (χ4n) is 2.68. The van der Waals surface area contributed by atoms with Gasteiger partial charge in [-0.3, -0.25) is 4.79 Å². The number of carbonyl (C=O) groups excluding carboxylic acids is 1. The number of hydrogen-bond donors (Lipinski definition) is 1. The van der Waals surface area contributed by atoms with Crippen molar-refractivity contribution in [1.29, 1.82) is 0 Å². The predicted octanol–water partition coefficient (Wildman–Crippen LogP) is 3.97. The Labute approximate surface area is 150 Å². The molecule has 2 aromatic rings. The minimum Gasteiger partial charge on any atom is -0.366 e. The van der Waals surface area contributed by atoms with E-state index in [1.165, 1.54) is 11.1 Å². The summed E-state index contributed by atoms with van der Waals surface area (Å²) in [6, 6.07) is 10.1. The lowest BCUT2D eigenvalue weighted by atomic mass is 10.1. The van der Waals surface area contributed by atoms with Gasteiger partial charge in [0.25, 0.3) is 5.91 Å². The highest BCUT2D eigenvalue weighted by atomic mass is 16.2. The van der Waals surface area contributed by atoms with E-state index >= 15 is 0 Å². The van der Waals surface area contributed by atoms with E-state index in [1.807, 2.05) is 11.8 Å². The maximum absolute atomic E-state index is 12.7. The first-order valence-electron chi connectivity index (χ1n) is 8.97. The number of carbonyl (C=O) groups is 1. The molecule has 25 heavy (non-hydrogen) atoms. The van der Waals surface area contributed by atoms with E-state index in [1.54, 1.807) is 6.07 Å². The molecule has 0 saturated heterocycles. The minimum atomic E-state index is -0.0208. The summed E-state index contributed by atoms with van der Waals surface area (Å²) in [6.07, 6.45) is 1.88. The van der Waals surface area contributed by atoms with Crippen LogP contribution in [0.3, 0.4) is 0 Å². The van der Waals surface area contributed by atoms with Crippen LogP contribution in [0.15, 0.2) is 30.3 Å². The first kappa shape index (κ1) is 18.9. The monoisotopic (exact) mass is 340 g/mol. The number of hydrogen-bond acceptors (Lipinski definition) is 4. The molecule has 1 amide bonds. The largest absolute Gasteiger partial charge is 0.366 e. The number of nitrogens with one attached hydrogen (secondary N) is 1. The molecule has 0 saturated carbocycles. The molecule has 134 valence electrons. The second kappa shape index (κ2) is 9.16. The maximum atomic E-state index is 12.7. The van der Waals surface area contributed by atoms with Gasteiger partial charge in [-0.05, 0) is 32.3 Å². The SMILES string of the molecule is CCCN(CCC)C(=O)c1cc(NCc2ccc(C)cc2)nc(C)n1. The summed E-state index contributed by atoms with van der Waals surface area (Å²) >= 11 is 0. The number of aromatic nitrogens is 2. The van der Waals surface area contributed by atoms with E-state index in [0.29, 0.717) is 23.9 Å². The number of amides is 1. The van der Waals surface area contributed by atoms with E-state index in [4.69, 9.17) is 0 Å². The summed E-state index contributed by atoms with van der Waals surface area (Å²) in [5.74, 6) is 1.27. The second-order valence-corrected chi connectivity index (χ2v) is 6.32. The molecule has 5 heteroatoms. The van der Waals surface area contributed by atoms with Gasteiger partial charge >= 0.3 is 0 Å². The van der Waals surface area contributed by atoms with E-state index in [-0.39, 0.29) is 5.91 Å². The minimum absolute atomic E-state index is 0.0208. The van der Waals surface area contributed by atoms with Gasteiger partial charge in [0.15, 0.2) is 0 Å². The Bertz CT molecular complexity index is 691. The van der Waals surface area contributed by atoms with Crippen molar-refractivity contribution in [3.05, 3.63) is 53.0 Å². The third-order valence-electron chi connectivity index (χ3n) is 3.93. The van der Waals surface area contributed by atoms with Gasteiger partial charge in [-0.15, -0.1) is 0 Å². The van der Waals surface area contributed by atoms with Gasteiger partial charge in [-0.1, -0.05) is 43.7 Å². The molecule has 0 fully saturated rings. The van der Waals surface area contributed by atoms with Gasteiger partial charge in [0.05, 0.1) is 0 Å². The molecule has 1 heterocycles. The normalized spacial score (nSPS) is 10.6. The lowest BCUT2D eigenvalue weighted by Crippen LogP contribution is -2.33. The van der Waals surface area contributed by atoms with Gasteiger partial charge in [-0.2, -0.15) is 0 Å². The number of benzene rings is 1. The van der Waals surface area contributed by atoms with E-state index in [9.17, 15) is 4.79 Å². The summed E-state index contributed by atoms with van der Waals surface area (Å²) in [7, 11) is 0. The molecule has 0 aliphatic carbocycles. The van der Waals surface area contributed by atoms with Crippen LogP contribution in [0.4, 0.5) is 5.82 Å². The third kappa shape index (κ3) is 5.55. The van der Waals surface area contributed by atoms with Crippen LogP contribution in [0, 0.1) is 13.8 Å². The Morgan fingerprint density at radius 2 is 1.68 bits per heavy atom. The number of aryl methyl sites for hydroxylation is 2. The first-order valence-corrected chi connectivity index (χ1v) is 8.97. The van der Waals surface area contributed by atoms with Crippen molar-refractivity contribution >= 4 is 11.7 Å². The summed E-state index contributed by atoms with van der Waals surface area (Å²) < 4.78 is 0. The third-order valence-corrected chi connectivity index (χ3v) is 3.93. The lowest BCUT2D eigenvalue weighted by molar-refractivity contribution is 0.0749. The van der Waals surface area contributed by atoms with Crippen molar-refractivity contribution in [1.82, 2.24) is 14.9 Å². The van der Waals surface area contributed by atoms with Gasteiger partial charge < -0.3 is 10.2 Å². The van der Waals surface area contributed by atoms with Crippen LogP contribution in [-0.2, 0) is 6.54 Å². The molecule has 1 aromatic heterocycles. The van der Waals surface area contributed by atoms with Crippen LogP contribution in [0.5, 0.6) is 0 Å². The topological polar surface area (TPSA) is 58.1 Å². The van der Waals surface area contributed by atoms with Crippen LogP contribution in [0.2, 0.25) is 0 Å². The summed E-state index contributed by atoms with van der Waals surface area (Å²) in [5, 5.41) is 3.30. The average molecular weight is 340 g/mol. The first-order chi connectivity index (χ1) is 12.0. The molecule has 0 aliphatic rings. The standard InChI is InChI=1S/C20H28N4O/c1-5-11-24(12-6-2)20(25)18-13-19(23-16(4)22-18)21-14-17-9-7-15(3)8-10-17/h7-10,13H,5-6,11-12,14H2,1-4H3,(H,21,22,23). The number of rotatable bonds is 8. The van der Waals surface area contributed by atoms with Crippen molar-refractivity contribution < 1.29 is 4.79 Å². The molecular weight excluding hydrogens is 312 g/mol. The van der Waals surface area contributed by atoms with Crippen LogP contribution >= 0.6 is 0 Å². The summed E-state index contributed by atoms with van der Waals surface area (Å²) in [4.78, 5) is 23.4. The highest BCUT2D eigenvalue weighted by Crippen LogP contribution is 2.12. The molecule has 0 aliphatic heterocycles. The molecule has 0 atom stereocenters. The number of nitrogens with zero attached hydrogens (tertiary/aromatic N) is 3. The zero-order valence-electron chi connectivity index (χ0n) is 15.7. The van der Waals surface area contributed by atoms with Crippen LogP contribution in [0.1, 0.15) is 54.1 Å². The molecule has 0 spiro atoms. The molecule has 2 rings (SSSR count). The summed E-state index contributed by atoms with van der Waals surface area (Å²) in [6.45, 7) is 10.2. The van der Waals surface area contributed by atoms with E-state index < -0.39 is 0 Å². The fourth-order valence-corrected chi connectivity index (χ4v) is 2.68. The quantitative estimate of drug-likeness (QED) is 0.790. The Morgan fingerprint density at radius 1 is 1.04 bits per heavy atom. The molecule has 0 radical (unpaired) electrons. The predicted molar refractivity (Wildman–Crippen MR) is 102 cm³/mol. The lowest BCUT2D eigenvalue weighted by Gasteiger charge is -2.21. The van der Waals surface area contributed by atoms with Gasteiger partial charge in [0.2, 0.25) is 0 Å². The van der Waals surface area contributed by atoms with Crippen LogP contribution in [-0.4, -0.2) is 33.9 Å². The highest BCUT2D eigenvalue weighted by Gasteiger charge is 2.17. The van der Waals surface area contributed by atoms with Crippen molar-refractivity contribution in [3.8, 4) is 0 Å². The van der Waals surface area contributed by atoms with Crippen molar-refractivity contribution in [2.24, 2.45) is 0 Å². The van der Waals surface area contributed by atoms with Gasteiger partial charge in [0, 0.05) is 25.7 Å². The van der Waals surface area contributed by atoms with Crippen molar-refractivity contribution in [2.75, 3.05) is 18.4 Å². The average Bonchev–Trinajstić information content (AvgIpc) is 2.60. The smallest absolute Gasteiger partial charge is 0.272 e. The van der Waals surface area contributed by atoms with Gasteiger partial charge in [-0.25, -0.2) is 9.97 Å². The zero-order chi connectivity index (χ0) is 18.2. The molecule has 0 unspecified atom stereocenters. The maximum Gasteiger partial charge on any atom is 0.272 e. The van der Waals surface area contributed by atoms with Gasteiger partial charge in [0.1, 0.15) is 17.3 Å². The van der Waals surface area contributed by atoms with Crippen molar-refractivity contribution in [3.63, 3.8) is 0 Å². The molecule has 1 aromatic carbocycles. The Balaban J connectivity index is 2.12. The van der Waals surface area contributed by atoms with E-state index in [2.05, 4.69) is 60.3 Å². The Kier molecular flexibility index (Phi) is 6.92. The zero-order valence-corrected chi connectivity index (χ0v) is 15.7. The molecule has 0 bridgehead atoms. The van der Waals surface area contributed by atoms with Crippen molar-refractivity contribution in [2.45, 2.75) is 47.1 Å². The van der Waals surface area contributed by atoms with Crippen LogP contribution < -0.4 is 5.32 Å². The van der Waals surface area contributed by atoms with Crippen LogP contribution in [0.25, 0.3) is 0 Å². The summed E-state index contributed by atoms with van der Waals surface area (Å²) in [5.41, 5.74) is 2.87. The van der Waals surface area contributed by atoms with E-state index in [0.717, 1.165) is 25.9 Å². The Hall–Kier alpha value is -2.43. The molecular formula is C20H28N4O. The fraction of sp³-hybridized carbons (Fsp3) is 0.450. The number of anilines is 1. The molecule has 1 N–H and O–H groups in total.